The van der Waals surface area contributed by atoms with E-state index in [0.29, 0.717) is 0 Å². The van der Waals surface area contributed by atoms with Gasteiger partial charge in [0.05, 0.1) is 0 Å². The van der Waals surface area contributed by atoms with Gasteiger partial charge in [0.2, 0.25) is 0 Å². The highest BCUT2D eigenvalue weighted by Crippen LogP contribution is 2.16. The SMILES string of the molecule is CCCCCCCCCCCCCCCCCCCCCCCCCCCCCCS(C)=O. The normalized spacial score (nSPS) is 12.4. The summed E-state index contributed by atoms with van der Waals surface area (Å²) in [5.74, 6) is 0.902. The maximum atomic E-state index is 11.0. The molecule has 1 atom stereocenters. The first-order valence-electron chi connectivity index (χ1n) is 15.6. The van der Waals surface area contributed by atoms with Crippen molar-refractivity contribution < 1.29 is 4.21 Å². The molecular weight excluding hydrogens is 420 g/mol. The lowest BCUT2D eigenvalue weighted by atomic mass is 10.0. The lowest BCUT2D eigenvalue weighted by Crippen LogP contribution is -1.93. The van der Waals surface area contributed by atoms with Crippen LogP contribution in [0.15, 0.2) is 0 Å². The van der Waals surface area contributed by atoms with Crippen molar-refractivity contribution in [1.29, 1.82) is 0 Å². The van der Waals surface area contributed by atoms with E-state index in [0.717, 1.165) is 12.2 Å². The Morgan fingerprint density at radius 1 is 0.333 bits per heavy atom. The molecule has 200 valence electrons. The first kappa shape index (κ1) is 33.1. The minimum Gasteiger partial charge on any atom is -0.260 e. The molecule has 0 fully saturated rings. The van der Waals surface area contributed by atoms with Gasteiger partial charge in [0.25, 0.3) is 0 Å². The van der Waals surface area contributed by atoms with Gasteiger partial charge in [0, 0.05) is 22.8 Å². The van der Waals surface area contributed by atoms with Crippen molar-refractivity contribution in [2.45, 2.75) is 187 Å². The predicted octanol–water partition coefficient (Wildman–Crippen LogP) is 11.3. The molecule has 0 aliphatic heterocycles. The summed E-state index contributed by atoms with van der Waals surface area (Å²) in [5, 5.41) is 0. The topological polar surface area (TPSA) is 17.1 Å². The average Bonchev–Trinajstić information content (AvgIpc) is 2.80. The van der Waals surface area contributed by atoms with E-state index < -0.39 is 10.8 Å². The lowest BCUT2D eigenvalue weighted by molar-refractivity contribution is 0.514. The number of hydrogen-bond donors (Lipinski definition) is 0. The van der Waals surface area contributed by atoms with Gasteiger partial charge in [0.15, 0.2) is 0 Å². The Morgan fingerprint density at radius 2 is 0.515 bits per heavy atom. The van der Waals surface area contributed by atoms with Gasteiger partial charge in [-0.1, -0.05) is 180 Å². The highest BCUT2D eigenvalue weighted by atomic mass is 32.2. The van der Waals surface area contributed by atoms with Crippen molar-refractivity contribution in [3.63, 3.8) is 0 Å². The zero-order valence-corrected chi connectivity index (χ0v) is 24.1. The predicted molar refractivity (Wildman–Crippen MR) is 154 cm³/mol. The van der Waals surface area contributed by atoms with Crippen LogP contribution in [0.5, 0.6) is 0 Å². The van der Waals surface area contributed by atoms with Gasteiger partial charge >= 0.3 is 0 Å². The molecule has 2 heteroatoms. The molecule has 0 aliphatic carbocycles. The first-order chi connectivity index (χ1) is 16.3. The molecule has 0 heterocycles. The van der Waals surface area contributed by atoms with Crippen LogP contribution in [-0.2, 0) is 10.8 Å². The highest BCUT2D eigenvalue weighted by molar-refractivity contribution is 7.84. The van der Waals surface area contributed by atoms with E-state index in [2.05, 4.69) is 6.92 Å². The minimum absolute atomic E-state index is 0.588. The molecule has 0 radical (unpaired) electrons. The van der Waals surface area contributed by atoms with E-state index in [4.69, 9.17) is 0 Å². The smallest absolute Gasteiger partial charge is 0.0232 e. The van der Waals surface area contributed by atoms with Crippen molar-refractivity contribution in [3.05, 3.63) is 0 Å². The Hall–Kier alpha value is 0.150. The van der Waals surface area contributed by atoms with Crippen LogP contribution in [0.1, 0.15) is 187 Å². The fraction of sp³-hybridized carbons (Fsp3) is 1.00. The molecular formula is C31H64OS. The van der Waals surface area contributed by atoms with Gasteiger partial charge < -0.3 is 0 Å². The second kappa shape index (κ2) is 30.2. The summed E-state index contributed by atoms with van der Waals surface area (Å²) >= 11 is 0. The third-order valence-corrected chi connectivity index (χ3v) is 8.15. The van der Waals surface area contributed by atoms with Crippen molar-refractivity contribution >= 4 is 10.8 Å². The summed E-state index contributed by atoms with van der Waals surface area (Å²) in [6.45, 7) is 2.30. The molecule has 33 heavy (non-hydrogen) atoms. The van der Waals surface area contributed by atoms with Crippen LogP contribution in [0.25, 0.3) is 0 Å². The molecule has 0 saturated carbocycles. The quantitative estimate of drug-likeness (QED) is 0.0964. The van der Waals surface area contributed by atoms with Crippen LogP contribution in [0.3, 0.4) is 0 Å². The molecule has 0 bridgehead atoms. The molecule has 0 aromatic carbocycles. The summed E-state index contributed by atoms with van der Waals surface area (Å²) in [4.78, 5) is 0. The summed E-state index contributed by atoms with van der Waals surface area (Å²) in [6, 6.07) is 0. The first-order valence-corrected chi connectivity index (χ1v) is 17.3. The number of rotatable bonds is 29. The monoisotopic (exact) mass is 484 g/mol. The van der Waals surface area contributed by atoms with Gasteiger partial charge in [-0.3, -0.25) is 4.21 Å². The standard InChI is InChI=1S/C31H64OS/c1-3-4-5-6-7-8-9-10-11-12-13-14-15-16-17-18-19-20-21-22-23-24-25-26-27-28-29-30-31-33(2)32/h3-31H2,1-2H3. The molecule has 0 aromatic heterocycles. The Labute approximate surface area is 213 Å². The van der Waals surface area contributed by atoms with Crippen molar-refractivity contribution in [1.82, 2.24) is 0 Å². The van der Waals surface area contributed by atoms with E-state index >= 15 is 0 Å². The van der Waals surface area contributed by atoms with Gasteiger partial charge in [-0.15, -0.1) is 0 Å². The third-order valence-electron chi connectivity index (χ3n) is 7.29. The summed E-state index contributed by atoms with van der Waals surface area (Å²) < 4.78 is 11.0. The summed E-state index contributed by atoms with van der Waals surface area (Å²) in [7, 11) is -0.588. The highest BCUT2D eigenvalue weighted by Gasteiger charge is 1.97. The molecule has 0 amide bonds. The molecule has 1 unspecified atom stereocenters. The number of hydrogen-bond acceptors (Lipinski definition) is 1. The molecule has 1 nitrogen and oxygen atoms in total. The van der Waals surface area contributed by atoms with E-state index in [-0.39, 0.29) is 0 Å². The van der Waals surface area contributed by atoms with Crippen molar-refractivity contribution in [2.24, 2.45) is 0 Å². The maximum absolute atomic E-state index is 11.0. The maximum Gasteiger partial charge on any atom is 0.0232 e. The molecule has 0 spiro atoms. The second-order valence-electron chi connectivity index (χ2n) is 10.8. The van der Waals surface area contributed by atoms with Crippen LogP contribution in [0.4, 0.5) is 0 Å². The zero-order valence-electron chi connectivity index (χ0n) is 23.3. The van der Waals surface area contributed by atoms with Crippen LogP contribution in [0, 0.1) is 0 Å². The summed E-state index contributed by atoms with van der Waals surface area (Å²) in [6.07, 6.45) is 42.1. The van der Waals surface area contributed by atoms with Gasteiger partial charge in [-0.25, -0.2) is 0 Å². The Morgan fingerprint density at radius 3 is 0.697 bits per heavy atom. The molecule has 0 N–H and O–H groups in total. The van der Waals surface area contributed by atoms with Crippen LogP contribution in [0.2, 0.25) is 0 Å². The fourth-order valence-corrected chi connectivity index (χ4v) is 5.59. The minimum atomic E-state index is -0.588. The van der Waals surface area contributed by atoms with Gasteiger partial charge in [-0.05, 0) is 6.42 Å². The molecule has 0 aliphatic rings. The van der Waals surface area contributed by atoms with E-state index in [1.165, 1.54) is 173 Å². The molecule has 0 rings (SSSR count). The second-order valence-corrected chi connectivity index (χ2v) is 12.4. The Kier molecular flexibility index (Phi) is 30.3. The largest absolute Gasteiger partial charge is 0.260 e. The van der Waals surface area contributed by atoms with E-state index in [1.54, 1.807) is 0 Å². The summed E-state index contributed by atoms with van der Waals surface area (Å²) in [5.41, 5.74) is 0. The molecule has 0 saturated heterocycles. The fourth-order valence-electron chi connectivity index (χ4n) is 4.97. The Balaban J connectivity index is 3.01. The van der Waals surface area contributed by atoms with E-state index in [1.807, 2.05) is 6.26 Å². The van der Waals surface area contributed by atoms with Crippen molar-refractivity contribution in [3.8, 4) is 0 Å². The number of unbranched alkanes of at least 4 members (excludes halogenated alkanes) is 27. The van der Waals surface area contributed by atoms with Crippen LogP contribution in [-0.4, -0.2) is 16.2 Å². The molecule has 0 aromatic rings. The average molecular weight is 485 g/mol. The van der Waals surface area contributed by atoms with Gasteiger partial charge in [-0.2, -0.15) is 0 Å². The van der Waals surface area contributed by atoms with Crippen molar-refractivity contribution in [2.75, 3.05) is 12.0 Å². The van der Waals surface area contributed by atoms with Crippen LogP contribution >= 0.6 is 0 Å². The van der Waals surface area contributed by atoms with Crippen LogP contribution < -0.4 is 0 Å². The third kappa shape index (κ3) is 32.1. The van der Waals surface area contributed by atoms with E-state index in [9.17, 15) is 4.21 Å². The lowest BCUT2D eigenvalue weighted by Gasteiger charge is -2.04. The Bertz CT molecular complexity index is 368. The zero-order chi connectivity index (χ0) is 24.1. The van der Waals surface area contributed by atoms with Gasteiger partial charge in [0.1, 0.15) is 0 Å².